The highest BCUT2D eigenvalue weighted by Gasteiger charge is 2.10. The molecule has 0 saturated carbocycles. The average molecular weight is 279 g/mol. The van der Waals surface area contributed by atoms with E-state index in [1.165, 1.54) is 6.07 Å². The molecule has 2 rings (SSSR count). The van der Waals surface area contributed by atoms with Gasteiger partial charge in [-0.2, -0.15) is 0 Å². The molecule has 0 aliphatic heterocycles. The number of aryl methyl sites for hydroxylation is 1. The largest absolute Gasteiger partial charge is 0.482 e. The van der Waals surface area contributed by atoms with E-state index in [9.17, 15) is 9.18 Å². The summed E-state index contributed by atoms with van der Waals surface area (Å²) < 4.78 is 18.9. The molecule has 0 saturated heterocycles. The molecule has 0 radical (unpaired) electrons. The molecule has 0 N–H and O–H groups in total. The third-order valence-electron chi connectivity index (χ3n) is 2.68. The van der Waals surface area contributed by atoms with Gasteiger partial charge in [0, 0.05) is 10.6 Å². The summed E-state index contributed by atoms with van der Waals surface area (Å²) in [5.74, 6) is -0.578. The summed E-state index contributed by atoms with van der Waals surface area (Å²) in [5, 5.41) is 0.558. The molecule has 0 fully saturated rings. The first kappa shape index (κ1) is 13.6. The first-order valence-electron chi connectivity index (χ1n) is 5.74. The summed E-state index contributed by atoms with van der Waals surface area (Å²) in [4.78, 5) is 11.8. The molecule has 0 aromatic heterocycles. The van der Waals surface area contributed by atoms with Gasteiger partial charge in [0.1, 0.15) is 0 Å². The van der Waals surface area contributed by atoms with E-state index in [1.807, 2.05) is 0 Å². The highest BCUT2D eigenvalue weighted by atomic mass is 35.5. The summed E-state index contributed by atoms with van der Waals surface area (Å²) in [6, 6.07) is 11.3. The van der Waals surface area contributed by atoms with Crippen molar-refractivity contribution in [3.05, 3.63) is 64.4 Å². The molecule has 2 aromatic carbocycles. The van der Waals surface area contributed by atoms with Crippen molar-refractivity contribution in [2.24, 2.45) is 0 Å². The highest BCUT2D eigenvalue weighted by Crippen LogP contribution is 2.20. The standard InChI is InChI=1S/C15H12ClFO2/c1-10-3-2-4-14(15(10)17)19-9-13(18)11-5-7-12(16)8-6-11/h2-8H,9H2,1H3. The van der Waals surface area contributed by atoms with Gasteiger partial charge in [0.25, 0.3) is 0 Å². The first-order valence-corrected chi connectivity index (χ1v) is 6.12. The second-order valence-electron chi connectivity index (χ2n) is 4.11. The van der Waals surface area contributed by atoms with E-state index < -0.39 is 5.82 Å². The normalized spacial score (nSPS) is 10.3. The summed E-state index contributed by atoms with van der Waals surface area (Å²) in [7, 11) is 0. The van der Waals surface area contributed by atoms with Gasteiger partial charge in [-0.15, -0.1) is 0 Å². The van der Waals surface area contributed by atoms with Crippen molar-refractivity contribution < 1.29 is 13.9 Å². The fourth-order valence-corrected chi connectivity index (χ4v) is 1.72. The Hall–Kier alpha value is -1.87. The van der Waals surface area contributed by atoms with Gasteiger partial charge in [-0.25, -0.2) is 4.39 Å². The molecule has 0 heterocycles. The molecular formula is C15H12ClFO2. The molecule has 0 aliphatic carbocycles. The lowest BCUT2D eigenvalue weighted by molar-refractivity contribution is 0.0918. The monoisotopic (exact) mass is 278 g/mol. The molecule has 0 amide bonds. The Morgan fingerprint density at radius 3 is 2.58 bits per heavy atom. The molecule has 2 aromatic rings. The molecule has 0 bridgehead atoms. The van der Waals surface area contributed by atoms with Gasteiger partial charge in [0.05, 0.1) is 0 Å². The minimum Gasteiger partial charge on any atom is -0.482 e. The van der Waals surface area contributed by atoms with Crippen LogP contribution in [0.3, 0.4) is 0 Å². The van der Waals surface area contributed by atoms with E-state index in [4.69, 9.17) is 16.3 Å². The van der Waals surface area contributed by atoms with Crippen molar-refractivity contribution in [2.45, 2.75) is 6.92 Å². The zero-order valence-electron chi connectivity index (χ0n) is 10.3. The van der Waals surface area contributed by atoms with Crippen molar-refractivity contribution in [3.8, 4) is 5.75 Å². The van der Waals surface area contributed by atoms with Crippen molar-refractivity contribution in [3.63, 3.8) is 0 Å². The lowest BCUT2D eigenvalue weighted by Crippen LogP contribution is -2.12. The number of Topliss-reactive ketones (excluding diaryl/α,β-unsaturated/α-hetero) is 1. The van der Waals surface area contributed by atoms with E-state index in [0.29, 0.717) is 16.1 Å². The maximum absolute atomic E-state index is 13.7. The van der Waals surface area contributed by atoms with E-state index in [2.05, 4.69) is 0 Å². The number of halogens is 2. The SMILES string of the molecule is Cc1cccc(OCC(=O)c2ccc(Cl)cc2)c1F. The van der Waals surface area contributed by atoms with Crippen LogP contribution in [0, 0.1) is 12.7 Å². The Kier molecular flexibility index (Phi) is 4.17. The van der Waals surface area contributed by atoms with Gasteiger partial charge in [-0.3, -0.25) is 4.79 Å². The summed E-state index contributed by atoms with van der Waals surface area (Å²) in [5.41, 5.74) is 0.967. The van der Waals surface area contributed by atoms with Gasteiger partial charge in [-0.1, -0.05) is 23.7 Å². The molecule has 0 spiro atoms. The predicted molar refractivity (Wildman–Crippen MR) is 72.4 cm³/mol. The van der Waals surface area contributed by atoms with Crippen LogP contribution in [0.2, 0.25) is 5.02 Å². The molecule has 4 heteroatoms. The summed E-state index contributed by atoms with van der Waals surface area (Å²) >= 11 is 5.74. The Morgan fingerprint density at radius 2 is 1.89 bits per heavy atom. The summed E-state index contributed by atoms with van der Waals surface area (Å²) in [6.07, 6.45) is 0. The van der Waals surface area contributed by atoms with Crippen LogP contribution in [0.25, 0.3) is 0 Å². The number of carbonyl (C=O) groups is 1. The minimum absolute atomic E-state index is 0.0855. The number of ether oxygens (including phenoxy) is 1. The van der Waals surface area contributed by atoms with E-state index in [0.717, 1.165) is 0 Å². The number of hydrogen-bond acceptors (Lipinski definition) is 2. The second-order valence-corrected chi connectivity index (χ2v) is 4.54. The van der Waals surface area contributed by atoms with Crippen LogP contribution in [0.5, 0.6) is 5.75 Å². The number of hydrogen-bond donors (Lipinski definition) is 0. The zero-order valence-corrected chi connectivity index (χ0v) is 11.1. The molecule has 2 nitrogen and oxygen atoms in total. The van der Waals surface area contributed by atoms with Gasteiger partial charge >= 0.3 is 0 Å². The van der Waals surface area contributed by atoms with Crippen molar-refractivity contribution >= 4 is 17.4 Å². The van der Waals surface area contributed by atoms with Crippen molar-refractivity contribution in [1.82, 2.24) is 0 Å². The quantitative estimate of drug-likeness (QED) is 0.789. The van der Waals surface area contributed by atoms with Crippen LogP contribution < -0.4 is 4.74 Å². The van der Waals surface area contributed by atoms with Crippen LogP contribution in [-0.2, 0) is 0 Å². The smallest absolute Gasteiger partial charge is 0.200 e. The Balaban J connectivity index is 2.04. The number of carbonyl (C=O) groups excluding carboxylic acids is 1. The van der Waals surface area contributed by atoms with E-state index >= 15 is 0 Å². The summed E-state index contributed by atoms with van der Waals surface area (Å²) in [6.45, 7) is 1.44. The van der Waals surface area contributed by atoms with Crippen LogP contribution in [0.4, 0.5) is 4.39 Å². The number of rotatable bonds is 4. The maximum atomic E-state index is 13.7. The molecule has 0 unspecified atom stereocenters. The van der Waals surface area contributed by atoms with E-state index in [-0.39, 0.29) is 18.1 Å². The fourth-order valence-electron chi connectivity index (χ4n) is 1.59. The Morgan fingerprint density at radius 1 is 1.21 bits per heavy atom. The molecule has 0 atom stereocenters. The molecule has 0 aliphatic rings. The fraction of sp³-hybridized carbons (Fsp3) is 0.133. The van der Waals surface area contributed by atoms with Crippen LogP contribution >= 0.6 is 11.6 Å². The average Bonchev–Trinajstić information content (AvgIpc) is 2.41. The number of ketones is 1. The maximum Gasteiger partial charge on any atom is 0.200 e. The lowest BCUT2D eigenvalue weighted by atomic mass is 10.1. The van der Waals surface area contributed by atoms with Gasteiger partial charge < -0.3 is 4.74 Å². The number of benzene rings is 2. The van der Waals surface area contributed by atoms with Gasteiger partial charge in [-0.05, 0) is 42.8 Å². The van der Waals surface area contributed by atoms with Crippen LogP contribution in [0.15, 0.2) is 42.5 Å². The van der Waals surface area contributed by atoms with Crippen LogP contribution in [0.1, 0.15) is 15.9 Å². The second kappa shape index (κ2) is 5.85. The Bertz CT molecular complexity index is 594. The van der Waals surface area contributed by atoms with Crippen molar-refractivity contribution in [1.29, 1.82) is 0 Å². The third-order valence-corrected chi connectivity index (χ3v) is 2.93. The molecule has 98 valence electrons. The lowest BCUT2D eigenvalue weighted by Gasteiger charge is -2.08. The molecular weight excluding hydrogens is 267 g/mol. The topological polar surface area (TPSA) is 26.3 Å². The third kappa shape index (κ3) is 3.32. The van der Waals surface area contributed by atoms with E-state index in [1.54, 1.807) is 43.3 Å². The molecule has 19 heavy (non-hydrogen) atoms. The zero-order chi connectivity index (χ0) is 13.8. The minimum atomic E-state index is -0.439. The first-order chi connectivity index (χ1) is 9.08. The van der Waals surface area contributed by atoms with Gasteiger partial charge in [0.15, 0.2) is 24.0 Å². The van der Waals surface area contributed by atoms with Crippen molar-refractivity contribution in [2.75, 3.05) is 6.61 Å². The Labute approximate surface area is 115 Å². The highest BCUT2D eigenvalue weighted by molar-refractivity contribution is 6.30. The van der Waals surface area contributed by atoms with Gasteiger partial charge in [0.2, 0.25) is 0 Å². The van der Waals surface area contributed by atoms with Crippen LogP contribution in [-0.4, -0.2) is 12.4 Å². The predicted octanol–water partition coefficient (Wildman–Crippen LogP) is 4.05.